The van der Waals surface area contributed by atoms with Gasteiger partial charge in [-0.1, -0.05) is 36.4 Å². The number of nitrogens with zero attached hydrogens (tertiary/aromatic N) is 1. The van der Waals surface area contributed by atoms with E-state index < -0.39 is 0 Å². The standard InChI is InChI=1S/C25H31N3O2/c1-2-11-28(17-23-14-21-7-8-24(29)15-22(21)16-27-23)25(30)26-10-9-18-12-19-5-3-4-6-20(19)13-18/h2-8,15,18,23,27,29H,1,9-14,16-17H2,(H,26,30). The molecule has 0 saturated heterocycles. The number of aromatic hydroxyl groups is 1. The van der Waals surface area contributed by atoms with Gasteiger partial charge in [0.1, 0.15) is 5.75 Å². The smallest absolute Gasteiger partial charge is 0.317 e. The van der Waals surface area contributed by atoms with E-state index in [2.05, 4.69) is 41.5 Å². The third-order valence-electron chi connectivity index (χ3n) is 6.28. The SMILES string of the molecule is C=CCN(CC1Cc2ccc(O)cc2CN1)C(=O)NCCC1Cc2ccccc2C1. The molecule has 2 aromatic rings. The van der Waals surface area contributed by atoms with E-state index in [0.29, 0.717) is 37.8 Å². The topological polar surface area (TPSA) is 64.6 Å². The van der Waals surface area contributed by atoms with Crippen LogP contribution in [0.15, 0.2) is 55.1 Å². The first-order valence-electron chi connectivity index (χ1n) is 10.9. The summed E-state index contributed by atoms with van der Waals surface area (Å²) in [5, 5.41) is 16.3. The number of hydrogen-bond acceptors (Lipinski definition) is 3. The molecule has 3 N–H and O–H groups in total. The van der Waals surface area contributed by atoms with Crippen LogP contribution in [0.2, 0.25) is 0 Å². The summed E-state index contributed by atoms with van der Waals surface area (Å²) in [6.07, 6.45) is 5.85. The van der Waals surface area contributed by atoms with Gasteiger partial charge in [0.2, 0.25) is 0 Å². The first-order valence-corrected chi connectivity index (χ1v) is 10.9. The molecule has 2 aromatic carbocycles. The van der Waals surface area contributed by atoms with Crippen LogP contribution in [0, 0.1) is 5.92 Å². The lowest BCUT2D eigenvalue weighted by molar-refractivity contribution is 0.195. The van der Waals surface area contributed by atoms with Crippen LogP contribution in [-0.2, 0) is 25.8 Å². The van der Waals surface area contributed by atoms with Gasteiger partial charge in [-0.2, -0.15) is 0 Å². The lowest BCUT2D eigenvalue weighted by Crippen LogP contribution is -2.49. The van der Waals surface area contributed by atoms with Crippen LogP contribution in [-0.4, -0.2) is 41.7 Å². The number of urea groups is 1. The fourth-order valence-corrected chi connectivity index (χ4v) is 4.71. The van der Waals surface area contributed by atoms with Crippen molar-refractivity contribution in [3.8, 4) is 5.75 Å². The third-order valence-corrected chi connectivity index (χ3v) is 6.28. The molecule has 5 nitrogen and oxygen atoms in total. The number of phenols is 1. The van der Waals surface area contributed by atoms with Crippen molar-refractivity contribution in [2.45, 2.75) is 38.3 Å². The maximum absolute atomic E-state index is 12.8. The number of amides is 2. The molecule has 1 heterocycles. The molecule has 1 aliphatic carbocycles. The van der Waals surface area contributed by atoms with Gasteiger partial charge in [-0.15, -0.1) is 6.58 Å². The normalized spacial score (nSPS) is 17.8. The Labute approximate surface area is 178 Å². The third kappa shape index (κ3) is 4.85. The molecule has 1 unspecified atom stereocenters. The predicted octanol–water partition coefficient (Wildman–Crippen LogP) is 3.41. The van der Waals surface area contributed by atoms with Crippen molar-refractivity contribution in [3.63, 3.8) is 0 Å². The highest BCUT2D eigenvalue weighted by atomic mass is 16.3. The highest BCUT2D eigenvalue weighted by molar-refractivity contribution is 5.74. The zero-order valence-electron chi connectivity index (χ0n) is 17.4. The minimum Gasteiger partial charge on any atom is -0.508 e. The van der Waals surface area contributed by atoms with Crippen molar-refractivity contribution < 1.29 is 9.90 Å². The average Bonchev–Trinajstić information content (AvgIpc) is 3.16. The summed E-state index contributed by atoms with van der Waals surface area (Å²) in [5.74, 6) is 0.913. The maximum Gasteiger partial charge on any atom is 0.317 e. The fraction of sp³-hybridized carbons (Fsp3) is 0.400. The molecule has 1 aliphatic heterocycles. The summed E-state index contributed by atoms with van der Waals surface area (Å²) in [5.41, 5.74) is 5.28. The molecule has 2 amide bonds. The van der Waals surface area contributed by atoms with Gasteiger partial charge < -0.3 is 20.6 Å². The summed E-state index contributed by atoms with van der Waals surface area (Å²) >= 11 is 0. The molecule has 0 aromatic heterocycles. The van der Waals surface area contributed by atoms with Crippen molar-refractivity contribution in [1.82, 2.24) is 15.5 Å². The zero-order chi connectivity index (χ0) is 20.9. The van der Waals surface area contributed by atoms with Gasteiger partial charge in [-0.05, 0) is 66.0 Å². The van der Waals surface area contributed by atoms with Crippen molar-refractivity contribution in [2.75, 3.05) is 19.6 Å². The summed E-state index contributed by atoms with van der Waals surface area (Å²) in [7, 11) is 0. The van der Waals surface area contributed by atoms with E-state index in [4.69, 9.17) is 0 Å². The minimum atomic E-state index is -0.0243. The van der Waals surface area contributed by atoms with Gasteiger partial charge in [0.15, 0.2) is 0 Å². The van der Waals surface area contributed by atoms with Gasteiger partial charge >= 0.3 is 6.03 Å². The van der Waals surface area contributed by atoms with E-state index in [9.17, 15) is 9.90 Å². The van der Waals surface area contributed by atoms with Crippen LogP contribution in [0.1, 0.15) is 28.7 Å². The first-order chi connectivity index (χ1) is 14.6. The van der Waals surface area contributed by atoms with Crippen molar-refractivity contribution >= 4 is 6.03 Å². The summed E-state index contributed by atoms with van der Waals surface area (Å²) < 4.78 is 0. The fourth-order valence-electron chi connectivity index (χ4n) is 4.71. The Balaban J connectivity index is 1.26. The molecule has 0 fully saturated rings. The summed E-state index contributed by atoms with van der Waals surface area (Å²) in [6.45, 7) is 6.39. The molecule has 158 valence electrons. The Hall–Kier alpha value is -2.79. The molecule has 4 rings (SSSR count). The van der Waals surface area contributed by atoms with E-state index in [0.717, 1.165) is 31.2 Å². The highest BCUT2D eigenvalue weighted by Gasteiger charge is 2.24. The number of phenolic OH excluding ortho intramolecular Hbond substituents is 1. The maximum atomic E-state index is 12.8. The summed E-state index contributed by atoms with van der Waals surface area (Å²) in [6, 6.07) is 14.3. The average molecular weight is 406 g/mol. The number of nitrogens with one attached hydrogen (secondary N) is 2. The highest BCUT2D eigenvalue weighted by Crippen LogP contribution is 2.28. The van der Waals surface area contributed by atoms with Crippen LogP contribution >= 0.6 is 0 Å². The Morgan fingerprint density at radius 3 is 2.60 bits per heavy atom. The largest absolute Gasteiger partial charge is 0.508 e. The van der Waals surface area contributed by atoms with Gasteiger partial charge in [0.05, 0.1) is 0 Å². The van der Waals surface area contributed by atoms with E-state index in [1.807, 2.05) is 17.0 Å². The Kier molecular flexibility index (Phi) is 6.38. The van der Waals surface area contributed by atoms with E-state index >= 15 is 0 Å². The van der Waals surface area contributed by atoms with Gasteiger partial charge in [0.25, 0.3) is 0 Å². The second kappa shape index (κ2) is 9.35. The molecule has 1 atom stereocenters. The second-order valence-corrected chi connectivity index (χ2v) is 8.49. The van der Waals surface area contributed by atoms with Gasteiger partial charge in [0, 0.05) is 32.2 Å². The number of benzene rings is 2. The van der Waals surface area contributed by atoms with Gasteiger partial charge in [-0.3, -0.25) is 0 Å². The number of hydrogen-bond donors (Lipinski definition) is 3. The Bertz CT molecular complexity index is 886. The molecule has 0 radical (unpaired) electrons. The second-order valence-electron chi connectivity index (χ2n) is 8.49. The minimum absolute atomic E-state index is 0.0243. The van der Waals surface area contributed by atoms with Crippen LogP contribution in [0.3, 0.4) is 0 Å². The Morgan fingerprint density at radius 1 is 1.13 bits per heavy atom. The van der Waals surface area contributed by atoms with Crippen LogP contribution < -0.4 is 10.6 Å². The lowest BCUT2D eigenvalue weighted by atomic mass is 9.95. The first kappa shape index (κ1) is 20.5. The van der Waals surface area contributed by atoms with Crippen LogP contribution in [0.25, 0.3) is 0 Å². The number of fused-ring (bicyclic) bond motifs is 2. The van der Waals surface area contributed by atoms with E-state index in [-0.39, 0.29) is 12.1 Å². The molecule has 30 heavy (non-hydrogen) atoms. The molecule has 0 spiro atoms. The number of carbonyl (C=O) groups is 1. The molecular weight excluding hydrogens is 374 g/mol. The van der Waals surface area contributed by atoms with Crippen molar-refractivity contribution in [2.24, 2.45) is 5.92 Å². The van der Waals surface area contributed by atoms with E-state index in [1.54, 1.807) is 12.1 Å². The molecule has 5 heteroatoms. The van der Waals surface area contributed by atoms with Crippen molar-refractivity contribution in [1.29, 1.82) is 0 Å². The molecule has 2 aliphatic rings. The zero-order valence-corrected chi connectivity index (χ0v) is 17.4. The molecule has 0 bridgehead atoms. The molecule has 0 saturated carbocycles. The number of rotatable bonds is 7. The quantitative estimate of drug-likeness (QED) is 0.619. The van der Waals surface area contributed by atoms with Crippen LogP contribution in [0.5, 0.6) is 5.75 Å². The predicted molar refractivity (Wildman–Crippen MR) is 120 cm³/mol. The van der Waals surface area contributed by atoms with Crippen LogP contribution in [0.4, 0.5) is 4.79 Å². The summed E-state index contributed by atoms with van der Waals surface area (Å²) in [4.78, 5) is 14.6. The monoisotopic (exact) mass is 405 g/mol. The Morgan fingerprint density at radius 2 is 1.87 bits per heavy atom. The lowest BCUT2D eigenvalue weighted by Gasteiger charge is -2.31. The van der Waals surface area contributed by atoms with Crippen molar-refractivity contribution in [3.05, 3.63) is 77.4 Å². The van der Waals surface area contributed by atoms with E-state index in [1.165, 1.54) is 16.7 Å². The van der Waals surface area contributed by atoms with Gasteiger partial charge in [-0.25, -0.2) is 4.79 Å². The number of carbonyl (C=O) groups excluding carboxylic acids is 1. The molecular formula is C25H31N3O2.